The van der Waals surface area contributed by atoms with Crippen LogP contribution in [0.15, 0.2) is 53.4 Å². The Morgan fingerprint density at radius 2 is 1.61 bits per heavy atom. The zero-order chi connectivity index (χ0) is 22.6. The van der Waals surface area contributed by atoms with Gasteiger partial charge in [-0.1, -0.05) is 12.1 Å². The standard InChI is InChI=1S/C22H27N3O5S/c1-24(2)31(29,30)20-9-5-17(6-10-20)22(28)23-18-7-3-16(4-8-18)15-21(27)25-13-11-19(26)12-14-25/h3-10,19,26H,11-15H2,1-2H3,(H,23,28). The minimum absolute atomic E-state index is 0.0245. The molecule has 31 heavy (non-hydrogen) atoms. The van der Waals surface area contributed by atoms with Crippen molar-refractivity contribution in [2.75, 3.05) is 32.5 Å². The number of hydrogen-bond acceptors (Lipinski definition) is 5. The molecule has 1 aliphatic rings. The molecule has 2 amide bonds. The number of benzene rings is 2. The Labute approximate surface area is 182 Å². The summed E-state index contributed by atoms with van der Waals surface area (Å²) in [6.07, 6.45) is 1.17. The quantitative estimate of drug-likeness (QED) is 0.704. The van der Waals surface area contributed by atoms with Gasteiger partial charge in [-0.05, 0) is 54.8 Å². The smallest absolute Gasteiger partial charge is 0.255 e. The molecule has 8 nitrogen and oxygen atoms in total. The summed E-state index contributed by atoms with van der Waals surface area (Å²) in [6, 6.07) is 12.8. The predicted molar refractivity (Wildman–Crippen MR) is 117 cm³/mol. The van der Waals surface area contributed by atoms with E-state index in [0.29, 0.717) is 37.2 Å². The van der Waals surface area contributed by atoms with Crippen molar-refractivity contribution in [3.63, 3.8) is 0 Å². The molecule has 0 aromatic heterocycles. The highest BCUT2D eigenvalue weighted by molar-refractivity contribution is 7.89. The molecule has 0 unspecified atom stereocenters. The normalized spacial score (nSPS) is 15.2. The number of hydrogen-bond donors (Lipinski definition) is 2. The van der Waals surface area contributed by atoms with Gasteiger partial charge < -0.3 is 15.3 Å². The third-order valence-corrected chi connectivity index (χ3v) is 7.11. The highest BCUT2D eigenvalue weighted by Gasteiger charge is 2.21. The van der Waals surface area contributed by atoms with Crippen LogP contribution in [0.4, 0.5) is 5.69 Å². The lowest BCUT2D eigenvalue weighted by atomic mass is 10.1. The molecule has 0 bridgehead atoms. The Morgan fingerprint density at radius 3 is 2.16 bits per heavy atom. The van der Waals surface area contributed by atoms with E-state index < -0.39 is 10.0 Å². The summed E-state index contributed by atoms with van der Waals surface area (Å²) in [5.41, 5.74) is 1.75. The van der Waals surface area contributed by atoms with Crippen LogP contribution in [0.3, 0.4) is 0 Å². The number of anilines is 1. The van der Waals surface area contributed by atoms with Crippen molar-refractivity contribution in [1.82, 2.24) is 9.21 Å². The van der Waals surface area contributed by atoms with Crippen LogP contribution in [0, 0.1) is 0 Å². The van der Waals surface area contributed by atoms with Gasteiger partial charge in [0.2, 0.25) is 15.9 Å². The fraction of sp³-hybridized carbons (Fsp3) is 0.364. The first-order chi connectivity index (χ1) is 14.7. The van der Waals surface area contributed by atoms with E-state index in [4.69, 9.17) is 0 Å². The number of aliphatic hydroxyl groups is 1. The van der Waals surface area contributed by atoms with Gasteiger partial charge >= 0.3 is 0 Å². The second kappa shape index (κ2) is 9.59. The van der Waals surface area contributed by atoms with Gasteiger partial charge in [0.15, 0.2) is 0 Å². The molecular formula is C22H27N3O5S. The number of piperidine rings is 1. The maximum Gasteiger partial charge on any atom is 0.255 e. The van der Waals surface area contributed by atoms with E-state index in [2.05, 4.69) is 5.32 Å². The SMILES string of the molecule is CN(C)S(=O)(=O)c1ccc(C(=O)Nc2ccc(CC(=O)N3CCC(O)CC3)cc2)cc1. The average molecular weight is 446 g/mol. The summed E-state index contributed by atoms with van der Waals surface area (Å²) in [6.45, 7) is 1.14. The number of aliphatic hydroxyl groups excluding tert-OH is 1. The Bertz CT molecular complexity index is 1030. The third kappa shape index (κ3) is 5.69. The van der Waals surface area contributed by atoms with Crippen molar-refractivity contribution >= 4 is 27.5 Å². The largest absolute Gasteiger partial charge is 0.393 e. The summed E-state index contributed by atoms with van der Waals surface area (Å²) < 4.78 is 25.3. The zero-order valence-electron chi connectivity index (χ0n) is 17.6. The molecule has 0 radical (unpaired) electrons. The van der Waals surface area contributed by atoms with E-state index in [9.17, 15) is 23.1 Å². The van der Waals surface area contributed by atoms with Crippen molar-refractivity contribution in [2.24, 2.45) is 0 Å². The number of nitrogens with zero attached hydrogens (tertiary/aromatic N) is 2. The Hall–Kier alpha value is -2.75. The van der Waals surface area contributed by atoms with Crippen LogP contribution in [0.2, 0.25) is 0 Å². The summed E-state index contributed by atoms with van der Waals surface area (Å²) in [7, 11) is -0.649. The topological polar surface area (TPSA) is 107 Å². The molecule has 1 saturated heterocycles. The van der Waals surface area contributed by atoms with Crippen LogP contribution in [0.25, 0.3) is 0 Å². The van der Waals surface area contributed by atoms with Crippen LogP contribution < -0.4 is 5.32 Å². The van der Waals surface area contributed by atoms with Crippen molar-refractivity contribution in [2.45, 2.75) is 30.3 Å². The van der Waals surface area contributed by atoms with Gasteiger partial charge in [0.25, 0.3) is 5.91 Å². The molecule has 0 atom stereocenters. The van der Waals surface area contributed by atoms with Crippen LogP contribution >= 0.6 is 0 Å². The molecular weight excluding hydrogens is 418 g/mol. The maximum absolute atomic E-state index is 12.5. The maximum atomic E-state index is 12.5. The first-order valence-electron chi connectivity index (χ1n) is 10.1. The first kappa shape index (κ1) is 22.9. The summed E-state index contributed by atoms with van der Waals surface area (Å²) in [5.74, 6) is -0.332. The lowest BCUT2D eigenvalue weighted by Gasteiger charge is -2.29. The van der Waals surface area contributed by atoms with Crippen molar-refractivity contribution < 1.29 is 23.1 Å². The van der Waals surface area contributed by atoms with E-state index >= 15 is 0 Å². The number of carbonyl (C=O) groups excluding carboxylic acids is 2. The lowest BCUT2D eigenvalue weighted by molar-refractivity contribution is -0.132. The number of likely N-dealkylation sites (tertiary alicyclic amines) is 1. The molecule has 1 fully saturated rings. The van der Waals surface area contributed by atoms with Crippen LogP contribution in [-0.4, -0.2) is 67.8 Å². The van der Waals surface area contributed by atoms with Crippen LogP contribution in [0.5, 0.6) is 0 Å². The summed E-state index contributed by atoms with van der Waals surface area (Å²) in [5, 5.41) is 12.3. The second-order valence-corrected chi connectivity index (χ2v) is 9.90. The number of carbonyl (C=O) groups is 2. The molecule has 1 aliphatic heterocycles. The second-order valence-electron chi connectivity index (χ2n) is 7.75. The van der Waals surface area contributed by atoms with Crippen molar-refractivity contribution in [3.05, 3.63) is 59.7 Å². The van der Waals surface area contributed by atoms with E-state index in [0.717, 1.165) is 9.87 Å². The molecule has 166 valence electrons. The Balaban J connectivity index is 1.58. The molecule has 3 rings (SSSR count). The number of rotatable bonds is 6. The van der Waals surface area contributed by atoms with Crippen molar-refractivity contribution in [3.8, 4) is 0 Å². The monoisotopic (exact) mass is 445 g/mol. The highest BCUT2D eigenvalue weighted by atomic mass is 32.2. The minimum Gasteiger partial charge on any atom is -0.393 e. The Kier molecular flexibility index (Phi) is 7.09. The highest BCUT2D eigenvalue weighted by Crippen LogP contribution is 2.17. The molecule has 2 aromatic rings. The van der Waals surface area contributed by atoms with E-state index in [1.807, 2.05) is 0 Å². The third-order valence-electron chi connectivity index (χ3n) is 5.28. The molecule has 0 aliphatic carbocycles. The van der Waals surface area contributed by atoms with Crippen LogP contribution in [0.1, 0.15) is 28.8 Å². The Morgan fingerprint density at radius 1 is 1.03 bits per heavy atom. The molecule has 0 saturated carbocycles. The van der Waals surface area contributed by atoms with Gasteiger partial charge in [-0.2, -0.15) is 0 Å². The van der Waals surface area contributed by atoms with E-state index in [1.165, 1.54) is 38.4 Å². The van der Waals surface area contributed by atoms with Gasteiger partial charge in [-0.15, -0.1) is 0 Å². The van der Waals surface area contributed by atoms with E-state index in [-0.39, 0.29) is 29.2 Å². The number of sulfonamides is 1. The first-order valence-corrected chi connectivity index (χ1v) is 11.5. The lowest BCUT2D eigenvalue weighted by Crippen LogP contribution is -2.40. The molecule has 9 heteroatoms. The van der Waals surface area contributed by atoms with E-state index in [1.54, 1.807) is 29.2 Å². The summed E-state index contributed by atoms with van der Waals surface area (Å²) in [4.78, 5) is 26.7. The van der Waals surface area contributed by atoms with Gasteiger partial charge in [-0.3, -0.25) is 9.59 Å². The van der Waals surface area contributed by atoms with Gasteiger partial charge in [-0.25, -0.2) is 12.7 Å². The average Bonchev–Trinajstić information content (AvgIpc) is 2.75. The minimum atomic E-state index is -3.55. The zero-order valence-corrected chi connectivity index (χ0v) is 18.4. The fourth-order valence-corrected chi connectivity index (χ4v) is 4.20. The van der Waals surface area contributed by atoms with Crippen molar-refractivity contribution in [1.29, 1.82) is 0 Å². The van der Waals surface area contributed by atoms with Crippen LogP contribution in [-0.2, 0) is 21.2 Å². The number of amides is 2. The van der Waals surface area contributed by atoms with Gasteiger partial charge in [0.05, 0.1) is 17.4 Å². The predicted octanol–water partition coefficient (Wildman–Crippen LogP) is 1.71. The number of nitrogens with one attached hydrogen (secondary N) is 1. The van der Waals surface area contributed by atoms with Gasteiger partial charge in [0, 0.05) is 38.4 Å². The molecule has 1 heterocycles. The molecule has 0 spiro atoms. The van der Waals surface area contributed by atoms with Gasteiger partial charge in [0.1, 0.15) is 0 Å². The molecule has 2 aromatic carbocycles. The molecule has 2 N–H and O–H groups in total. The summed E-state index contributed by atoms with van der Waals surface area (Å²) >= 11 is 0. The fourth-order valence-electron chi connectivity index (χ4n) is 3.30.